The van der Waals surface area contributed by atoms with Gasteiger partial charge in [-0.05, 0) is 51.3 Å². The van der Waals surface area contributed by atoms with Crippen molar-refractivity contribution in [1.29, 1.82) is 0 Å². The summed E-state index contributed by atoms with van der Waals surface area (Å²) in [6, 6.07) is 10.1. The highest BCUT2D eigenvalue weighted by atomic mass is 79.9. The highest BCUT2D eigenvalue weighted by Gasteiger charge is 2.15. The van der Waals surface area contributed by atoms with Crippen molar-refractivity contribution in [2.75, 3.05) is 5.32 Å². The van der Waals surface area contributed by atoms with Crippen LogP contribution in [0.1, 0.15) is 21.5 Å². The van der Waals surface area contributed by atoms with Crippen molar-refractivity contribution in [3.05, 3.63) is 63.4 Å². The molecule has 1 aliphatic rings. The van der Waals surface area contributed by atoms with E-state index in [-0.39, 0.29) is 11.6 Å². The van der Waals surface area contributed by atoms with Gasteiger partial charge in [-0.25, -0.2) is 4.39 Å². The van der Waals surface area contributed by atoms with Crippen LogP contribution in [0, 0.1) is 5.82 Å². The third kappa shape index (κ3) is 2.46. The molecule has 3 rings (SSSR count). The first-order valence-electron chi connectivity index (χ1n) is 6.23. The second-order valence-corrected chi connectivity index (χ2v) is 5.49. The van der Waals surface area contributed by atoms with Crippen molar-refractivity contribution in [2.24, 2.45) is 0 Å². The fourth-order valence-corrected chi connectivity index (χ4v) is 2.68. The first-order valence-corrected chi connectivity index (χ1v) is 7.02. The first-order chi connectivity index (χ1) is 9.65. The molecule has 5 heteroatoms. The Kier molecular flexibility index (Phi) is 3.54. The molecule has 0 aromatic heterocycles. The molecule has 0 aliphatic carbocycles. The van der Waals surface area contributed by atoms with Gasteiger partial charge >= 0.3 is 0 Å². The summed E-state index contributed by atoms with van der Waals surface area (Å²) in [5.74, 6) is -0.777. The lowest BCUT2D eigenvalue weighted by Gasteiger charge is -2.09. The minimum Gasteiger partial charge on any atom is -0.319 e. The SMILES string of the molecule is O=C(Nc1c(F)cccc1Br)c1ccc2c(c1)CNC2. The molecule has 0 bridgehead atoms. The van der Waals surface area contributed by atoms with E-state index in [2.05, 4.69) is 26.6 Å². The van der Waals surface area contributed by atoms with Gasteiger partial charge in [0.25, 0.3) is 5.91 Å². The summed E-state index contributed by atoms with van der Waals surface area (Å²) in [5, 5.41) is 5.83. The molecule has 2 N–H and O–H groups in total. The summed E-state index contributed by atoms with van der Waals surface area (Å²) in [7, 11) is 0. The molecule has 1 aliphatic heterocycles. The van der Waals surface area contributed by atoms with Gasteiger partial charge < -0.3 is 10.6 Å². The van der Waals surface area contributed by atoms with Crippen molar-refractivity contribution in [3.63, 3.8) is 0 Å². The van der Waals surface area contributed by atoms with E-state index < -0.39 is 5.82 Å². The average Bonchev–Trinajstić information content (AvgIpc) is 2.90. The normalized spacial score (nSPS) is 13.1. The molecule has 1 amide bonds. The number of hydrogen-bond donors (Lipinski definition) is 2. The molecule has 2 aromatic carbocycles. The van der Waals surface area contributed by atoms with Crippen molar-refractivity contribution in [1.82, 2.24) is 5.32 Å². The van der Waals surface area contributed by atoms with Gasteiger partial charge in [-0.15, -0.1) is 0 Å². The molecule has 3 nitrogen and oxygen atoms in total. The molecule has 0 saturated carbocycles. The van der Waals surface area contributed by atoms with Crippen LogP contribution in [0.2, 0.25) is 0 Å². The first kappa shape index (κ1) is 13.3. The van der Waals surface area contributed by atoms with Crippen molar-refractivity contribution in [2.45, 2.75) is 13.1 Å². The summed E-state index contributed by atoms with van der Waals surface area (Å²) in [5.41, 5.74) is 3.01. The van der Waals surface area contributed by atoms with Gasteiger partial charge in [0.1, 0.15) is 5.82 Å². The monoisotopic (exact) mass is 334 g/mol. The maximum atomic E-state index is 13.7. The minimum atomic E-state index is -0.462. The lowest BCUT2D eigenvalue weighted by Crippen LogP contribution is -2.13. The van der Waals surface area contributed by atoms with Crippen molar-refractivity contribution in [3.8, 4) is 0 Å². The maximum absolute atomic E-state index is 13.7. The van der Waals surface area contributed by atoms with Gasteiger partial charge in [-0.3, -0.25) is 4.79 Å². The van der Waals surface area contributed by atoms with Crippen LogP contribution in [-0.4, -0.2) is 5.91 Å². The van der Waals surface area contributed by atoms with Gasteiger partial charge in [0, 0.05) is 23.1 Å². The second-order valence-electron chi connectivity index (χ2n) is 4.64. The predicted molar refractivity (Wildman–Crippen MR) is 79.0 cm³/mol. The Labute approximate surface area is 124 Å². The van der Waals surface area contributed by atoms with Crippen LogP contribution in [0.25, 0.3) is 0 Å². The number of rotatable bonds is 2. The molecule has 0 spiro atoms. The van der Waals surface area contributed by atoms with E-state index in [1.54, 1.807) is 18.2 Å². The third-order valence-electron chi connectivity index (χ3n) is 3.30. The summed E-state index contributed by atoms with van der Waals surface area (Å²) in [6.07, 6.45) is 0. The minimum absolute atomic E-state index is 0.163. The van der Waals surface area contributed by atoms with Gasteiger partial charge in [0.2, 0.25) is 0 Å². The average molecular weight is 335 g/mol. The molecule has 0 atom stereocenters. The molecule has 20 heavy (non-hydrogen) atoms. The summed E-state index contributed by atoms with van der Waals surface area (Å²) in [6.45, 7) is 1.59. The topological polar surface area (TPSA) is 41.1 Å². The van der Waals surface area contributed by atoms with E-state index in [4.69, 9.17) is 0 Å². The lowest BCUT2D eigenvalue weighted by molar-refractivity contribution is 0.102. The van der Waals surface area contributed by atoms with Gasteiger partial charge in [0.15, 0.2) is 0 Å². The smallest absolute Gasteiger partial charge is 0.255 e. The largest absolute Gasteiger partial charge is 0.319 e. The molecule has 0 saturated heterocycles. The number of carbonyl (C=O) groups excluding carboxylic acids is 1. The number of para-hydroxylation sites is 1. The zero-order valence-electron chi connectivity index (χ0n) is 10.5. The number of amides is 1. The maximum Gasteiger partial charge on any atom is 0.255 e. The number of benzene rings is 2. The number of nitrogens with one attached hydrogen (secondary N) is 2. The Morgan fingerprint density at radius 1 is 1.20 bits per heavy atom. The zero-order chi connectivity index (χ0) is 14.1. The standard InChI is InChI=1S/C15H12BrFN2O/c16-12-2-1-3-13(17)14(12)19-15(20)9-4-5-10-7-18-8-11(10)6-9/h1-6,18H,7-8H2,(H,19,20). The highest BCUT2D eigenvalue weighted by molar-refractivity contribution is 9.10. The van der Waals surface area contributed by atoms with Crippen LogP contribution in [0.5, 0.6) is 0 Å². The van der Waals surface area contributed by atoms with Gasteiger partial charge in [-0.1, -0.05) is 12.1 Å². The third-order valence-corrected chi connectivity index (χ3v) is 3.96. The van der Waals surface area contributed by atoms with E-state index in [0.29, 0.717) is 10.0 Å². The molecule has 0 radical (unpaired) electrons. The Morgan fingerprint density at radius 2 is 2.00 bits per heavy atom. The molecular formula is C15H12BrFN2O. The van der Waals surface area contributed by atoms with E-state index in [1.165, 1.54) is 11.6 Å². The van der Waals surface area contributed by atoms with E-state index in [9.17, 15) is 9.18 Å². The van der Waals surface area contributed by atoms with Crippen LogP contribution < -0.4 is 10.6 Å². The number of fused-ring (bicyclic) bond motifs is 1. The molecule has 0 unspecified atom stereocenters. The molecular weight excluding hydrogens is 323 g/mol. The molecule has 1 heterocycles. The summed E-state index contributed by atoms with van der Waals surface area (Å²) in [4.78, 5) is 12.2. The Morgan fingerprint density at radius 3 is 2.80 bits per heavy atom. The predicted octanol–water partition coefficient (Wildman–Crippen LogP) is 3.44. The number of hydrogen-bond acceptors (Lipinski definition) is 2. The summed E-state index contributed by atoms with van der Waals surface area (Å²) < 4.78 is 14.2. The lowest BCUT2D eigenvalue weighted by atomic mass is 10.1. The van der Waals surface area contributed by atoms with Crippen molar-refractivity contribution < 1.29 is 9.18 Å². The van der Waals surface area contributed by atoms with Gasteiger partial charge in [-0.2, -0.15) is 0 Å². The van der Waals surface area contributed by atoms with E-state index >= 15 is 0 Å². The zero-order valence-corrected chi connectivity index (χ0v) is 12.1. The van der Waals surface area contributed by atoms with Crippen LogP contribution in [0.3, 0.4) is 0 Å². The van der Waals surface area contributed by atoms with Crippen LogP contribution >= 0.6 is 15.9 Å². The quantitative estimate of drug-likeness (QED) is 0.883. The van der Waals surface area contributed by atoms with Crippen LogP contribution in [0.15, 0.2) is 40.9 Å². The Bertz CT molecular complexity index is 667. The van der Waals surface area contributed by atoms with Gasteiger partial charge in [0.05, 0.1) is 5.69 Å². The van der Waals surface area contributed by atoms with Crippen LogP contribution in [0.4, 0.5) is 10.1 Å². The fourth-order valence-electron chi connectivity index (χ4n) is 2.24. The fraction of sp³-hybridized carbons (Fsp3) is 0.133. The molecule has 2 aromatic rings. The Hall–Kier alpha value is -1.72. The van der Waals surface area contributed by atoms with E-state index in [1.807, 2.05) is 12.1 Å². The summed E-state index contributed by atoms with van der Waals surface area (Å²) >= 11 is 3.23. The molecule has 0 fully saturated rings. The van der Waals surface area contributed by atoms with Crippen molar-refractivity contribution >= 4 is 27.5 Å². The number of anilines is 1. The number of halogens is 2. The molecule has 102 valence electrons. The number of carbonyl (C=O) groups is 1. The van der Waals surface area contributed by atoms with E-state index in [0.717, 1.165) is 18.7 Å². The Balaban J connectivity index is 1.86. The second kappa shape index (κ2) is 5.34. The van der Waals surface area contributed by atoms with Crippen LogP contribution in [-0.2, 0) is 13.1 Å². The highest BCUT2D eigenvalue weighted by Crippen LogP contribution is 2.26.